The molecule has 0 aromatic rings. The summed E-state index contributed by atoms with van der Waals surface area (Å²) in [6, 6.07) is 0. The molecule has 26 heavy (non-hydrogen) atoms. The van der Waals surface area contributed by atoms with Crippen LogP contribution >= 0.6 is 11.6 Å². The lowest BCUT2D eigenvalue weighted by molar-refractivity contribution is -0.157. The third kappa shape index (κ3) is 1.75. The van der Waals surface area contributed by atoms with Crippen LogP contribution in [0.3, 0.4) is 0 Å². The van der Waals surface area contributed by atoms with Gasteiger partial charge in [-0.05, 0) is 74.3 Å². The fourth-order valence-corrected chi connectivity index (χ4v) is 7.96. The van der Waals surface area contributed by atoms with Gasteiger partial charge in [0.2, 0.25) is 0 Å². The highest BCUT2D eigenvalue weighted by atomic mass is 35.5. The summed E-state index contributed by atoms with van der Waals surface area (Å²) >= 11 is 6.73. The maximum Gasteiger partial charge on any atom is 0.161 e. The summed E-state index contributed by atoms with van der Waals surface area (Å²) < 4.78 is 0. The molecule has 0 heterocycles. The average molecular weight is 375 g/mol. The average Bonchev–Trinajstić information content (AvgIpc) is 3.33. The van der Waals surface area contributed by atoms with Gasteiger partial charge in [0.1, 0.15) is 5.60 Å². The second-order valence-electron chi connectivity index (χ2n) is 9.91. The summed E-state index contributed by atoms with van der Waals surface area (Å²) in [7, 11) is 0. The lowest BCUT2D eigenvalue weighted by Crippen LogP contribution is -2.56. The minimum absolute atomic E-state index is 0.0344. The van der Waals surface area contributed by atoms with Crippen molar-refractivity contribution in [1.82, 2.24) is 0 Å². The monoisotopic (exact) mass is 374 g/mol. The Morgan fingerprint density at radius 2 is 1.88 bits per heavy atom. The molecule has 0 aliphatic heterocycles. The van der Waals surface area contributed by atoms with Crippen molar-refractivity contribution in [1.29, 1.82) is 0 Å². The van der Waals surface area contributed by atoms with Crippen molar-refractivity contribution < 1.29 is 14.7 Å². The van der Waals surface area contributed by atoms with Crippen molar-refractivity contribution in [2.75, 3.05) is 0 Å². The van der Waals surface area contributed by atoms with E-state index in [1.54, 1.807) is 0 Å². The molecule has 0 saturated heterocycles. The normalized spacial score (nSPS) is 54.3. The predicted molar refractivity (Wildman–Crippen MR) is 99.4 cm³/mol. The van der Waals surface area contributed by atoms with Crippen molar-refractivity contribution in [3.05, 3.63) is 22.8 Å². The van der Waals surface area contributed by atoms with Gasteiger partial charge in [-0.2, -0.15) is 0 Å². The standard InChI is InChI=1S/C22H27ClO3/c1-11(24)22(26)7-5-14-12-9-18(23)17-10-19(25)13-8-16(13)21(17,3)15(12)4-6-20(14,22)2/h9-10,12-16,26H,4-8H2,1-3H3/t12-,13-,14-,15+,16+,20+,21+,22+/m1/s1. The number of halogens is 1. The maximum atomic E-state index is 12.3. The Balaban J connectivity index is 1.62. The number of rotatable bonds is 1. The zero-order valence-electron chi connectivity index (χ0n) is 15.7. The van der Waals surface area contributed by atoms with Gasteiger partial charge in [0, 0.05) is 21.8 Å². The molecule has 3 saturated carbocycles. The van der Waals surface area contributed by atoms with Gasteiger partial charge in [-0.1, -0.05) is 31.5 Å². The molecule has 0 radical (unpaired) electrons. The third-order valence-electron chi connectivity index (χ3n) is 9.23. The molecular formula is C22H27ClO3. The van der Waals surface area contributed by atoms with Crippen LogP contribution in [-0.4, -0.2) is 22.3 Å². The molecular weight excluding hydrogens is 348 g/mol. The van der Waals surface area contributed by atoms with Crippen LogP contribution in [0.2, 0.25) is 0 Å². The van der Waals surface area contributed by atoms with E-state index in [-0.39, 0.29) is 40.2 Å². The number of ketones is 2. The Morgan fingerprint density at radius 1 is 1.19 bits per heavy atom. The number of hydrogen-bond acceptors (Lipinski definition) is 3. The molecule has 3 nitrogen and oxygen atoms in total. The Kier molecular flexibility index (Phi) is 3.25. The molecule has 3 fully saturated rings. The van der Waals surface area contributed by atoms with Gasteiger partial charge in [-0.25, -0.2) is 0 Å². The van der Waals surface area contributed by atoms with Crippen LogP contribution in [0.5, 0.6) is 0 Å². The van der Waals surface area contributed by atoms with E-state index in [1.165, 1.54) is 6.92 Å². The molecule has 8 atom stereocenters. The first-order valence-electron chi connectivity index (χ1n) is 10.0. The molecule has 5 aliphatic carbocycles. The Hall–Kier alpha value is -0.930. The SMILES string of the molecule is CC(=O)[C@@]1(O)CC[C@@H]2[C@H]3C=C(Cl)C4=CC(=O)[C@@H]5C[C@@H]5[C@]4(C)[C@H]3CC[C@@]21C. The highest BCUT2D eigenvalue weighted by Crippen LogP contribution is 2.72. The number of Topliss-reactive ketones (excluding diaryl/α,β-unsaturated/α-hetero) is 1. The molecule has 0 unspecified atom stereocenters. The van der Waals surface area contributed by atoms with Gasteiger partial charge in [-0.15, -0.1) is 0 Å². The number of fused-ring (bicyclic) bond motifs is 7. The summed E-state index contributed by atoms with van der Waals surface area (Å²) in [5, 5.41) is 11.9. The summed E-state index contributed by atoms with van der Waals surface area (Å²) in [5.41, 5.74) is -0.566. The van der Waals surface area contributed by atoms with E-state index in [0.29, 0.717) is 18.3 Å². The largest absolute Gasteiger partial charge is 0.382 e. The van der Waals surface area contributed by atoms with Gasteiger partial charge < -0.3 is 5.11 Å². The van der Waals surface area contributed by atoms with E-state index in [9.17, 15) is 14.7 Å². The molecule has 0 aromatic heterocycles. The smallest absolute Gasteiger partial charge is 0.161 e. The third-order valence-corrected chi connectivity index (χ3v) is 9.56. The first-order chi connectivity index (χ1) is 12.1. The van der Waals surface area contributed by atoms with Gasteiger partial charge >= 0.3 is 0 Å². The number of carbonyl (C=O) groups is 2. The zero-order chi connectivity index (χ0) is 18.6. The molecule has 140 valence electrons. The van der Waals surface area contributed by atoms with Crippen LogP contribution in [0.1, 0.15) is 52.9 Å². The van der Waals surface area contributed by atoms with Crippen molar-refractivity contribution in [2.24, 2.45) is 40.4 Å². The summed E-state index contributed by atoms with van der Waals surface area (Å²) in [6.07, 6.45) is 8.25. The molecule has 0 bridgehead atoms. The van der Waals surface area contributed by atoms with E-state index in [2.05, 4.69) is 19.9 Å². The van der Waals surface area contributed by atoms with Gasteiger partial charge in [0.05, 0.1) is 0 Å². The van der Waals surface area contributed by atoms with Gasteiger partial charge in [0.25, 0.3) is 0 Å². The number of allylic oxidation sites excluding steroid dienone is 4. The first-order valence-corrected chi connectivity index (χ1v) is 10.4. The van der Waals surface area contributed by atoms with E-state index in [0.717, 1.165) is 36.3 Å². The Bertz CT molecular complexity index is 797. The zero-order valence-corrected chi connectivity index (χ0v) is 16.5. The van der Waals surface area contributed by atoms with Crippen molar-refractivity contribution in [3.8, 4) is 0 Å². The van der Waals surface area contributed by atoms with Crippen LogP contribution in [0.15, 0.2) is 22.8 Å². The van der Waals surface area contributed by atoms with Crippen LogP contribution < -0.4 is 0 Å². The van der Waals surface area contributed by atoms with E-state index in [4.69, 9.17) is 11.6 Å². The highest BCUT2D eigenvalue weighted by Gasteiger charge is 2.69. The van der Waals surface area contributed by atoms with Crippen LogP contribution in [0.4, 0.5) is 0 Å². The van der Waals surface area contributed by atoms with E-state index >= 15 is 0 Å². The second kappa shape index (κ2) is 4.91. The van der Waals surface area contributed by atoms with Crippen molar-refractivity contribution >= 4 is 23.2 Å². The molecule has 5 rings (SSSR count). The topological polar surface area (TPSA) is 54.4 Å². The fraction of sp³-hybridized carbons (Fsp3) is 0.727. The molecule has 0 amide bonds. The summed E-state index contributed by atoms with van der Waals surface area (Å²) in [6.45, 7) is 5.97. The van der Waals surface area contributed by atoms with E-state index in [1.807, 2.05) is 6.08 Å². The predicted octanol–water partition coefficient (Wildman–Crippen LogP) is 4.04. The minimum Gasteiger partial charge on any atom is -0.382 e. The summed E-state index contributed by atoms with van der Waals surface area (Å²) in [5.74, 6) is 1.78. The molecule has 5 aliphatic rings. The van der Waals surface area contributed by atoms with Crippen LogP contribution in [-0.2, 0) is 9.59 Å². The molecule has 4 heteroatoms. The first kappa shape index (κ1) is 17.2. The quantitative estimate of drug-likeness (QED) is 0.753. The number of carbonyl (C=O) groups excluding carboxylic acids is 2. The molecule has 0 aromatic carbocycles. The van der Waals surface area contributed by atoms with Crippen molar-refractivity contribution in [3.63, 3.8) is 0 Å². The Labute approximate surface area is 159 Å². The van der Waals surface area contributed by atoms with Crippen LogP contribution in [0, 0.1) is 40.4 Å². The lowest BCUT2D eigenvalue weighted by Gasteiger charge is -2.57. The maximum absolute atomic E-state index is 12.3. The number of hydrogen-bond donors (Lipinski definition) is 1. The van der Waals surface area contributed by atoms with Crippen molar-refractivity contribution in [2.45, 2.75) is 58.5 Å². The van der Waals surface area contributed by atoms with Gasteiger partial charge in [-0.3, -0.25) is 9.59 Å². The second-order valence-corrected chi connectivity index (χ2v) is 10.3. The number of aliphatic hydroxyl groups is 1. The lowest BCUT2D eigenvalue weighted by atomic mass is 9.47. The van der Waals surface area contributed by atoms with Crippen LogP contribution in [0.25, 0.3) is 0 Å². The molecule has 1 N–H and O–H groups in total. The van der Waals surface area contributed by atoms with E-state index < -0.39 is 5.60 Å². The Morgan fingerprint density at radius 3 is 2.58 bits per heavy atom. The highest BCUT2D eigenvalue weighted by molar-refractivity contribution is 6.32. The van der Waals surface area contributed by atoms with Gasteiger partial charge in [0.15, 0.2) is 11.6 Å². The minimum atomic E-state index is -1.20. The summed E-state index contributed by atoms with van der Waals surface area (Å²) in [4.78, 5) is 24.6. The fourth-order valence-electron chi connectivity index (χ4n) is 7.56. The molecule has 0 spiro atoms.